The summed E-state index contributed by atoms with van der Waals surface area (Å²) in [6.45, 7) is 2.02. The summed E-state index contributed by atoms with van der Waals surface area (Å²) < 4.78 is 0. The van der Waals surface area contributed by atoms with Crippen molar-refractivity contribution >= 4 is 28.5 Å². The van der Waals surface area contributed by atoms with E-state index in [4.69, 9.17) is 11.6 Å². The molecule has 0 aliphatic heterocycles. The van der Waals surface area contributed by atoms with E-state index in [0.717, 1.165) is 4.90 Å². The highest BCUT2D eigenvalue weighted by Gasteiger charge is 2.08. The lowest BCUT2D eigenvalue weighted by atomic mass is 10.2. The van der Waals surface area contributed by atoms with Gasteiger partial charge in [0.05, 0.1) is 0 Å². The SMILES string of the molecule is Cc1ccc(SC(=O)c2cccc(Cl)c2)cc1. The van der Waals surface area contributed by atoms with Gasteiger partial charge in [0.2, 0.25) is 5.12 Å². The maximum absolute atomic E-state index is 12.0. The molecule has 0 fully saturated rings. The molecule has 1 nitrogen and oxygen atoms in total. The molecule has 0 heterocycles. The second kappa shape index (κ2) is 5.39. The maximum atomic E-state index is 12.0. The number of carbonyl (C=O) groups excluding carboxylic acids is 1. The lowest BCUT2D eigenvalue weighted by molar-refractivity contribution is 0.108. The molecule has 0 aromatic heterocycles. The predicted molar refractivity (Wildman–Crippen MR) is 72.8 cm³/mol. The van der Waals surface area contributed by atoms with E-state index in [0.29, 0.717) is 10.6 Å². The van der Waals surface area contributed by atoms with Crippen LogP contribution in [0, 0.1) is 6.92 Å². The fraction of sp³-hybridized carbons (Fsp3) is 0.0714. The zero-order valence-electron chi connectivity index (χ0n) is 9.31. The van der Waals surface area contributed by atoms with Crippen molar-refractivity contribution < 1.29 is 4.79 Å². The number of rotatable bonds is 2. The van der Waals surface area contributed by atoms with Gasteiger partial charge in [-0.15, -0.1) is 0 Å². The van der Waals surface area contributed by atoms with E-state index in [9.17, 15) is 4.79 Å². The first-order chi connectivity index (χ1) is 8.15. The molecule has 3 heteroatoms. The van der Waals surface area contributed by atoms with Crippen LogP contribution in [0.1, 0.15) is 15.9 Å². The number of halogens is 1. The molecule has 2 aromatic carbocycles. The Morgan fingerprint density at radius 2 is 1.82 bits per heavy atom. The first-order valence-corrected chi connectivity index (χ1v) is 6.39. The number of thioether (sulfide) groups is 1. The van der Waals surface area contributed by atoms with Crippen LogP contribution in [0.2, 0.25) is 5.02 Å². The Morgan fingerprint density at radius 3 is 2.47 bits per heavy atom. The van der Waals surface area contributed by atoms with Crippen LogP contribution < -0.4 is 0 Å². The van der Waals surface area contributed by atoms with Crippen LogP contribution >= 0.6 is 23.4 Å². The standard InChI is InChI=1S/C14H11ClOS/c1-10-5-7-13(8-6-10)17-14(16)11-3-2-4-12(15)9-11/h2-9H,1H3. The largest absolute Gasteiger partial charge is 0.281 e. The van der Waals surface area contributed by atoms with Gasteiger partial charge in [-0.3, -0.25) is 4.79 Å². The molecule has 0 aliphatic carbocycles. The predicted octanol–water partition coefficient (Wildman–Crippen LogP) is 4.58. The molecular formula is C14H11ClOS. The number of hydrogen-bond acceptors (Lipinski definition) is 2. The lowest BCUT2D eigenvalue weighted by Gasteiger charge is -2.02. The minimum Gasteiger partial charge on any atom is -0.281 e. The second-order valence-corrected chi connectivity index (χ2v) is 5.20. The molecule has 0 N–H and O–H groups in total. The van der Waals surface area contributed by atoms with Crippen molar-refractivity contribution in [2.45, 2.75) is 11.8 Å². The second-order valence-electron chi connectivity index (χ2n) is 3.71. The van der Waals surface area contributed by atoms with E-state index in [1.54, 1.807) is 24.3 Å². The van der Waals surface area contributed by atoms with Crippen LogP contribution in [-0.2, 0) is 0 Å². The summed E-state index contributed by atoms with van der Waals surface area (Å²) in [5, 5.41) is 0.594. The maximum Gasteiger partial charge on any atom is 0.224 e. The summed E-state index contributed by atoms with van der Waals surface area (Å²) in [6.07, 6.45) is 0. The van der Waals surface area contributed by atoms with E-state index >= 15 is 0 Å². The Balaban J connectivity index is 2.14. The van der Waals surface area contributed by atoms with Crippen molar-refractivity contribution in [3.8, 4) is 0 Å². The first kappa shape index (κ1) is 12.2. The van der Waals surface area contributed by atoms with E-state index in [-0.39, 0.29) is 5.12 Å². The molecular weight excluding hydrogens is 252 g/mol. The van der Waals surface area contributed by atoms with Gasteiger partial charge in [0.1, 0.15) is 0 Å². The van der Waals surface area contributed by atoms with Crippen molar-refractivity contribution in [2.24, 2.45) is 0 Å². The van der Waals surface area contributed by atoms with Crippen LogP contribution in [0.3, 0.4) is 0 Å². The van der Waals surface area contributed by atoms with Gasteiger partial charge in [0, 0.05) is 15.5 Å². The smallest absolute Gasteiger partial charge is 0.224 e. The third-order valence-electron chi connectivity index (χ3n) is 2.29. The highest BCUT2D eigenvalue weighted by atomic mass is 35.5. The Bertz CT molecular complexity index is 534. The van der Waals surface area contributed by atoms with Gasteiger partial charge >= 0.3 is 0 Å². The van der Waals surface area contributed by atoms with Crippen molar-refractivity contribution in [2.75, 3.05) is 0 Å². The van der Waals surface area contributed by atoms with E-state index < -0.39 is 0 Å². The molecule has 0 amide bonds. The van der Waals surface area contributed by atoms with Gasteiger partial charge < -0.3 is 0 Å². The summed E-state index contributed by atoms with van der Waals surface area (Å²) in [5.41, 5.74) is 1.81. The quantitative estimate of drug-likeness (QED) is 0.737. The van der Waals surface area contributed by atoms with E-state index in [1.165, 1.54) is 17.3 Å². The van der Waals surface area contributed by atoms with Crippen molar-refractivity contribution in [3.05, 3.63) is 64.7 Å². The third kappa shape index (κ3) is 3.35. The lowest BCUT2D eigenvalue weighted by Crippen LogP contribution is -1.92. The third-order valence-corrected chi connectivity index (χ3v) is 3.46. The Morgan fingerprint density at radius 1 is 1.12 bits per heavy atom. The Labute approximate surface area is 110 Å². The highest BCUT2D eigenvalue weighted by molar-refractivity contribution is 8.14. The van der Waals surface area contributed by atoms with Gasteiger partial charge in [0.15, 0.2) is 0 Å². The van der Waals surface area contributed by atoms with Gasteiger partial charge in [0.25, 0.3) is 0 Å². The molecule has 0 spiro atoms. The van der Waals surface area contributed by atoms with E-state index in [1.807, 2.05) is 31.2 Å². The molecule has 0 aliphatic rings. The summed E-state index contributed by atoms with van der Waals surface area (Å²) in [4.78, 5) is 12.9. The van der Waals surface area contributed by atoms with E-state index in [2.05, 4.69) is 0 Å². The summed E-state index contributed by atoms with van der Waals surface area (Å²) in [5.74, 6) is 0. The van der Waals surface area contributed by atoms with Gasteiger partial charge in [-0.05, 0) is 43.0 Å². The minimum absolute atomic E-state index is 0.0105. The van der Waals surface area contributed by atoms with Crippen LogP contribution in [0.25, 0.3) is 0 Å². The minimum atomic E-state index is 0.0105. The van der Waals surface area contributed by atoms with Crippen molar-refractivity contribution in [3.63, 3.8) is 0 Å². The summed E-state index contributed by atoms with van der Waals surface area (Å²) in [7, 11) is 0. The average molecular weight is 263 g/mol. The van der Waals surface area contributed by atoms with Gasteiger partial charge in [-0.2, -0.15) is 0 Å². The van der Waals surface area contributed by atoms with Crippen LogP contribution in [-0.4, -0.2) is 5.12 Å². The molecule has 0 radical (unpaired) electrons. The summed E-state index contributed by atoms with van der Waals surface area (Å²) in [6, 6.07) is 14.9. The van der Waals surface area contributed by atoms with Crippen LogP contribution in [0.15, 0.2) is 53.4 Å². The monoisotopic (exact) mass is 262 g/mol. The highest BCUT2D eigenvalue weighted by Crippen LogP contribution is 2.24. The summed E-state index contributed by atoms with van der Waals surface area (Å²) >= 11 is 7.07. The molecule has 86 valence electrons. The van der Waals surface area contributed by atoms with Crippen molar-refractivity contribution in [1.29, 1.82) is 0 Å². The Hall–Kier alpha value is -1.25. The normalized spacial score (nSPS) is 10.2. The average Bonchev–Trinajstić information content (AvgIpc) is 2.32. The first-order valence-electron chi connectivity index (χ1n) is 5.19. The zero-order valence-corrected chi connectivity index (χ0v) is 10.9. The fourth-order valence-corrected chi connectivity index (χ4v) is 2.31. The zero-order chi connectivity index (χ0) is 12.3. The molecule has 0 bridgehead atoms. The van der Waals surface area contributed by atoms with Crippen LogP contribution in [0.5, 0.6) is 0 Å². The molecule has 2 aromatic rings. The fourth-order valence-electron chi connectivity index (χ4n) is 1.39. The Kier molecular flexibility index (Phi) is 3.87. The molecule has 0 atom stereocenters. The molecule has 0 unspecified atom stereocenters. The molecule has 17 heavy (non-hydrogen) atoms. The van der Waals surface area contributed by atoms with Gasteiger partial charge in [-0.1, -0.05) is 41.4 Å². The molecule has 0 saturated carbocycles. The van der Waals surface area contributed by atoms with Crippen LogP contribution in [0.4, 0.5) is 0 Å². The molecule has 0 saturated heterocycles. The number of carbonyl (C=O) groups is 1. The number of hydrogen-bond donors (Lipinski definition) is 0. The van der Waals surface area contributed by atoms with Gasteiger partial charge in [-0.25, -0.2) is 0 Å². The number of benzene rings is 2. The topological polar surface area (TPSA) is 17.1 Å². The number of aryl methyl sites for hydroxylation is 1. The molecule has 2 rings (SSSR count). The van der Waals surface area contributed by atoms with Crippen molar-refractivity contribution in [1.82, 2.24) is 0 Å².